The molecule has 14 nitrogen and oxygen atoms in total. The highest BCUT2D eigenvalue weighted by Crippen LogP contribution is 2.40. The van der Waals surface area contributed by atoms with Gasteiger partial charge >= 0.3 is 5.97 Å². The molecule has 0 spiro atoms. The van der Waals surface area contributed by atoms with Gasteiger partial charge in [-0.3, -0.25) is 9.36 Å². The van der Waals surface area contributed by atoms with Gasteiger partial charge < -0.3 is 43.4 Å². The molecule has 0 aliphatic carbocycles. The molecule has 14 heteroatoms. The summed E-state index contributed by atoms with van der Waals surface area (Å²) in [4.78, 5) is 11.6. The van der Waals surface area contributed by atoms with Crippen molar-refractivity contribution in [3.63, 3.8) is 0 Å². The summed E-state index contributed by atoms with van der Waals surface area (Å²) in [6, 6.07) is 44.3. The fraction of sp³-hybridized carbons (Fsp3) is 0.290. The van der Waals surface area contributed by atoms with E-state index in [1.54, 1.807) is 35.1 Å². The molecule has 0 aliphatic heterocycles. The molecule has 0 saturated heterocycles. The maximum absolute atomic E-state index is 11.6. The number of hydrogen-bond acceptors (Lipinski definition) is 11. The molecule has 0 amide bonds. The predicted molar refractivity (Wildman–Crippen MR) is 325 cm³/mol. The van der Waals surface area contributed by atoms with E-state index in [0.717, 1.165) is 129 Å². The summed E-state index contributed by atoms with van der Waals surface area (Å²) in [5, 5.41) is 28.7. The van der Waals surface area contributed by atoms with Crippen LogP contribution >= 0.6 is 0 Å². The highest BCUT2D eigenvalue weighted by molar-refractivity contribution is 5.91. The molecule has 0 bridgehead atoms. The summed E-state index contributed by atoms with van der Waals surface area (Å²) < 4.78 is 47.0. The van der Waals surface area contributed by atoms with Crippen LogP contribution in [0.5, 0.6) is 57.5 Å². The Hall–Kier alpha value is -9.17. The lowest BCUT2D eigenvalue weighted by Crippen LogP contribution is -2.08. The van der Waals surface area contributed by atoms with Crippen LogP contribution in [-0.2, 0) is 46.4 Å². The minimum absolute atomic E-state index is 0.106. The van der Waals surface area contributed by atoms with Crippen LogP contribution in [0.1, 0.15) is 97.1 Å². The highest BCUT2D eigenvalue weighted by Gasteiger charge is 2.19. The standard InChI is InChI=1S/C38H42N2O4.C31H34N2O6/c1-5-14-32-35(19-12-20-36(32)44-34-18-11-10-15-28(34)3)41-21-13-22-42-37-24-38(43-27-29-16-8-7-9-17-29)33(23-30(37)6-2)31-25-39-40(4)26-31;1-4-10-23-27(13-8-14-28(23)39-29-12-7-6-11-24(29)31(35)36)37-15-9-16-38-30-18-26(34)25(17-21(30)5-2)22-19-32-33(3)20-22/h7-12,15-20,23-26H,5-6,13-14,21-22,27H2,1-4H3;6-8,11-14,17-20,34H,4-5,9-10,15-16H2,1-3H3,(H,35,36). The molecule has 2 heterocycles. The van der Waals surface area contributed by atoms with E-state index < -0.39 is 5.97 Å². The van der Waals surface area contributed by atoms with E-state index in [0.29, 0.717) is 56.7 Å². The van der Waals surface area contributed by atoms with Gasteiger partial charge in [-0.15, -0.1) is 0 Å². The molecule has 2 N–H and O–H groups in total. The summed E-state index contributed by atoms with van der Waals surface area (Å²) in [5.41, 5.74) is 10.1. The Morgan fingerprint density at radius 2 is 0.964 bits per heavy atom. The molecule has 0 radical (unpaired) electrons. The van der Waals surface area contributed by atoms with Crippen molar-refractivity contribution in [3.8, 4) is 79.7 Å². The Bertz CT molecular complexity index is 3540. The minimum Gasteiger partial charge on any atom is -0.507 e. The molecular formula is C69H76N4O10. The summed E-state index contributed by atoms with van der Waals surface area (Å²) in [6.45, 7) is 12.9. The van der Waals surface area contributed by atoms with Crippen LogP contribution in [0.4, 0.5) is 0 Å². The van der Waals surface area contributed by atoms with Crippen molar-refractivity contribution < 1.29 is 48.2 Å². The van der Waals surface area contributed by atoms with E-state index in [1.807, 2.05) is 122 Å². The number of nitrogens with zero attached hydrogens (tertiary/aromatic N) is 4. The van der Waals surface area contributed by atoms with Crippen LogP contribution in [0.3, 0.4) is 0 Å². The molecule has 0 saturated carbocycles. The molecule has 0 fully saturated rings. The van der Waals surface area contributed by atoms with E-state index in [-0.39, 0.29) is 17.1 Å². The van der Waals surface area contributed by atoms with Gasteiger partial charge in [0.2, 0.25) is 0 Å². The van der Waals surface area contributed by atoms with Gasteiger partial charge in [0.25, 0.3) is 0 Å². The summed E-state index contributed by atoms with van der Waals surface area (Å²) in [7, 11) is 3.76. The first-order valence-corrected chi connectivity index (χ1v) is 28.6. The summed E-state index contributed by atoms with van der Waals surface area (Å²) in [5.74, 6) is 5.53. The van der Waals surface area contributed by atoms with E-state index in [2.05, 4.69) is 69.1 Å². The van der Waals surface area contributed by atoms with Gasteiger partial charge in [-0.05, 0) is 109 Å². The number of ether oxygens (including phenoxy) is 7. The number of rotatable bonds is 28. The molecule has 0 atom stereocenters. The number of phenols is 1. The van der Waals surface area contributed by atoms with Gasteiger partial charge in [0, 0.05) is 84.8 Å². The van der Waals surface area contributed by atoms with Crippen LogP contribution in [0.15, 0.2) is 164 Å². The van der Waals surface area contributed by atoms with Crippen molar-refractivity contribution in [1.29, 1.82) is 0 Å². The minimum atomic E-state index is -1.04. The molecule has 0 unspecified atom stereocenters. The van der Waals surface area contributed by atoms with Crippen molar-refractivity contribution in [2.75, 3.05) is 26.4 Å². The van der Waals surface area contributed by atoms with Crippen LogP contribution in [0.2, 0.25) is 0 Å². The van der Waals surface area contributed by atoms with Gasteiger partial charge in [-0.25, -0.2) is 4.79 Å². The zero-order valence-electron chi connectivity index (χ0n) is 48.7. The van der Waals surface area contributed by atoms with Crippen molar-refractivity contribution in [2.45, 2.75) is 92.6 Å². The van der Waals surface area contributed by atoms with Crippen LogP contribution in [0, 0.1) is 6.92 Å². The van der Waals surface area contributed by atoms with E-state index in [9.17, 15) is 15.0 Å². The maximum Gasteiger partial charge on any atom is 0.339 e. The monoisotopic (exact) mass is 1120 g/mol. The van der Waals surface area contributed by atoms with Crippen molar-refractivity contribution in [3.05, 3.63) is 203 Å². The highest BCUT2D eigenvalue weighted by atomic mass is 16.5. The number of aryl methyl sites for hydroxylation is 5. The van der Waals surface area contributed by atoms with Gasteiger partial charge in [-0.1, -0.05) is 113 Å². The zero-order chi connectivity index (χ0) is 58.5. The second kappa shape index (κ2) is 30.0. The smallest absolute Gasteiger partial charge is 0.339 e. The third-order valence-electron chi connectivity index (χ3n) is 13.8. The Morgan fingerprint density at radius 1 is 0.494 bits per heavy atom. The summed E-state index contributed by atoms with van der Waals surface area (Å²) in [6.07, 6.45) is 13.9. The Morgan fingerprint density at radius 3 is 1.49 bits per heavy atom. The normalized spacial score (nSPS) is 10.9. The second-order valence-electron chi connectivity index (χ2n) is 20.1. The number of para-hydroxylation sites is 2. The third-order valence-corrected chi connectivity index (χ3v) is 13.8. The maximum atomic E-state index is 11.6. The first-order chi connectivity index (χ1) is 40.5. The van der Waals surface area contributed by atoms with Crippen molar-refractivity contribution in [1.82, 2.24) is 19.6 Å². The molecule has 7 aromatic carbocycles. The molecule has 9 rings (SSSR count). The molecule has 2 aromatic heterocycles. The third kappa shape index (κ3) is 16.3. The average molecular weight is 1120 g/mol. The molecule has 83 heavy (non-hydrogen) atoms. The number of carbonyl (C=O) groups is 1. The number of benzene rings is 7. The Balaban J connectivity index is 0.000000219. The summed E-state index contributed by atoms with van der Waals surface area (Å²) >= 11 is 0. The molecule has 0 aliphatic rings. The fourth-order valence-electron chi connectivity index (χ4n) is 9.51. The zero-order valence-corrected chi connectivity index (χ0v) is 48.7. The number of hydrogen-bond donors (Lipinski definition) is 2. The SMILES string of the molecule is CCCc1c(OCCCOc2cc(O)c(-c3cnn(C)c3)cc2CC)cccc1Oc1ccccc1C(=O)O.CCCc1c(OCCCOc2cc(OCc3ccccc3)c(-c3cnn(C)c3)cc2CC)cccc1Oc1ccccc1C. The van der Waals surface area contributed by atoms with Gasteiger partial charge in [0.1, 0.15) is 69.7 Å². The number of phenolic OH excluding ortho intramolecular Hbond substituents is 1. The molecule has 432 valence electrons. The Labute approximate surface area is 487 Å². The quantitative estimate of drug-likeness (QED) is 0.0448. The Kier molecular flexibility index (Phi) is 21.7. The number of aromatic hydroxyl groups is 1. The first-order valence-electron chi connectivity index (χ1n) is 28.6. The lowest BCUT2D eigenvalue weighted by atomic mass is 10.0. The van der Waals surface area contributed by atoms with Crippen molar-refractivity contribution >= 4 is 5.97 Å². The topological polar surface area (TPSA) is 158 Å². The predicted octanol–water partition coefficient (Wildman–Crippen LogP) is 15.8. The number of carboxylic acids is 1. The van der Waals surface area contributed by atoms with Gasteiger partial charge in [0.15, 0.2) is 0 Å². The largest absolute Gasteiger partial charge is 0.507 e. The fourth-order valence-corrected chi connectivity index (χ4v) is 9.51. The van der Waals surface area contributed by atoms with E-state index >= 15 is 0 Å². The van der Waals surface area contributed by atoms with Crippen molar-refractivity contribution in [2.24, 2.45) is 14.1 Å². The first kappa shape index (κ1) is 59.9. The average Bonchev–Trinajstić information content (AvgIpc) is 4.21. The lowest BCUT2D eigenvalue weighted by Gasteiger charge is -2.18. The van der Waals surface area contributed by atoms with Crippen LogP contribution in [-0.4, -0.2) is 62.2 Å². The second-order valence-corrected chi connectivity index (χ2v) is 20.1. The van der Waals surface area contributed by atoms with Crippen LogP contribution in [0.25, 0.3) is 22.3 Å². The number of carboxylic acid groups (broad SMARTS) is 1. The van der Waals surface area contributed by atoms with E-state index in [4.69, 9.17) is 33.2 Å². The molecule has 9 aromatic rings. The van der Waals surface area contributed by atoms with Gasteiger partial charge in [-0.2, -0.15) is 10.2 Å². The number of aromatic nitrogens is 4. The van der Waals surface area contributed by atoms with Crippen LogP contribution < -0.4 is 33.2 Å². The number of aromatic carboxylic acids is 1. The van der Waals surface area contributed by atoms with Gasteiger partial charge in [0.05, 0.1) is 38.8 Å². The molecular weight excluding hydrogens is 1040 g/mol. The lowest BCUT2D eigenvalue weighted by molar-refractivity contribution is 0.0694. The van der Waals surface area contributed by atoms with E-state index in [1.165, 1.54) is 6.07 Å².